The fourth-order valence-corrected chi connectivity index (χ4v) is 5.35. The lowest BCUT2D eigenvalue weighted by Crippen LogP contribution is -2.44. The van der Waals surface area contributed by atoms with Crippen molar-refractivity contribution in [3.63, 3.8) is 0 Å². The minimum absolute atomic E-state index is 0.00112. The lowest BCUT2D eigenvalue weighted by atomic mass is 9.97. The van der Waals surface area contributed by atoms with Crippen molar-refractivity contribution in [3.05, 3.63) is 23.8 Å². The number of nitrogens with two attached hydrogens (primary N) is 1. The maximum absolute atomic E-state index is 13.0. The van der Waals surface area contributed by atoms with Gasteiger partial charge in [0.05, 0.1) is 13.0 Å². The highest BCUT2D eigenvalue weighted by atomic mass is 32.2. The third-order valence-electron chi connectivity index (χ3n) is 5.20. The fraction of sp³-hybridized carbons (Fsp3) is 0.556. The highest BCUT2D eigenvalue weighted by Crippen LogP contribution is 2.30. The van der Waals surface area contributed by atoms with Gasteiger partial charge in [-0.25, -0.2) is 8.42 Å². The van der Waals surface area contributed by atoms with E-state index in [4.69, 9.17) is 10.5 Å². The second kappa shape index (κ2) is 7.85. The Morgan fingerprint density at radius 1 is 1.15 bits per heavy atom. The van der Waals surface area contributed by atoms with Crippen LogP contribution in [-0.4, -0.2) is 62.7 Å². The Morgan fingerprint density at radius 3 is 2.48 bits per heavy atom. The van der Waals surface area contributed by atoms with Crippen LogP contribution in [0.2, 0.25) is 0 Å². The summed E-state index contributed by atoms with van der Waals surface area (Å²) in [6.07, 6.45) is 3.00. The van der Waals surface area contributed by atoms with Gasteiger partial charge in [0, 0.05) is 31.7 Å². The van der Waals surface area contributed by atoms with Gasteiger partial charge in [0.25, 0.3) is 5.91 Å². The van der Waals surface area contributed by atoms with Gasteiger partial charge in [-0.2, -0.15) is 4.31 Å². The topological polar surface area (TPSA) is 110 Å². The lowest BCUT2D eigenvalue weighted by Gasteiger charge is -2.31. The van der Waals surface area contributed by atoms with E-state index in [2.05, 4.69) is 0 Å². The number of likely N-dealkylation sites (tertiary alicyclic amines) is 1. The van der Waals surface area contributed by atoms with Crippen LogP contribution in [0.5, 0.6) is 5.75 Å². The smallest absolute Gasteiger partial charge is 0.253 e. The molecule has 1 unspecified atom stereocenters. The van der Waals surface area contributed by atoms with Crippen LogP contribution in [-0.2, 0) is 14.8 Å². The maximum Gasteiger partial charge on any atom is 0.253 e. The Balaban J connectivity index is 1.90. The fourth-order valence-electron chi connectivity index (χ4n) is 3.66. The quantitative estimate of drug-likeness (QED) is 0.794. The van der Waals surface area contributed by atoms with Crippen LogP contribution in [0.4, 0.5) is 0 Å². The second-order valence-corrected chi connectivity index (χ2v) is 8.88. The number of sulfonamides is 1. The normalized spacial score (nSPS) is 21.2. The minimum Gasteiger partial charge on any atom is -0.495 e. The van der Waals surface area contributed by atoms with Crippen LogP contribution in [0.15, 0.2) is 23.1 Å². The molecule has 2 fully saturated rings. The molecule has 1 aromatic carbocycles. The molecule has 0 radical (unpaired) electrons. The molecule has 2 amide bonds. The van der Waals surface area contributed by atoms with E-state index in [0.717, 1.165) is 12.8 Å². The molecular weight excluding hydrogens is 370 g/mol. The predicted octanol–water partition coefficient (Wildman–Crippen LogP) is 0.817. The Morgan fingerprint density at radius 2 is 1.85 bits per heavy atom. The van der Waals surface area contributed by atoms with E-state index >= 15 is 0 Å². The Hall–Kier alpha value is -2.13. The molecule has 9 heteroatoms. The molecule has 2 heterocycles. The van der Waals surface area contributed by atoms with Crippen molar-refractivity contribution in [2.75, 3.05) is 33.3 Å². The van der Waals surface area contributed by atoms with Crippen molar-refractivity contribution in [2.45, 2.75) is 30.6 Å². The predicted molar refractivity (Wildman–Crippen MR) is 98.8 cm³/mol. The number of hydrogen-bond acceptors (Lipinski definition) is 5. The number of primary amides is 1. The summed E-state index contributed by atoms with van der Waals surface area (Å²) < 4.78 is 32.6. The molecule has 2 aliphatic rings. The summed E-state index contributed by atoms with van der Waals surface area (Å²) in [6.45, 7) is 1.71. The van der Waals surface area contributed by atoms with Crippen molar-refractivity contribution >= 4 is 21.8 Å². The molecule has 1 aromatic rings. The summed E-state index contributed by atoms with van der Waals surface area (Å²) in [6, 6.07) is 4.44. The number of amides is 2. The monoisotopic (exact) mass is 395 g/mol. The summed E-state index contributed by atoms with van der Waals surface area (Å²) in [5.74, 6) is -0.873. The molecule has 148 valence electrons. The van der Waals surface area contributed by atoms with Gasteiger partial charge in [0.1, 0.15) is 10.6 Å². The summed E-state index contributed by atoms with van der Waals surface area (Å²) in [5, 5.41) is 0. The van der Waals surface area contributed by atoms with Gasteiger partial charge in [-0.05, 0) is 43.9 Å². The molecule has 27 heavy (non-hydrogen) atoms. The van der Waals surface area contributed by atoms with Crippen molar-refractivity contribution < 1.29 is 22.7 Å². The average Bonchev–Trinajstić information content (AvgIpc) is 3.22. The highest BCUT2D eigenvalue weighted by molar-refractivity contribution is 7.89. The molecule has 0 aliphatic carbocycles. The molecular formula is C18H25N3O5S. The third-order valence-corrected chi connectivity index (χ3v) is 7.12. The second-order valence-electron chi connectivity index (χ2n) is 6.97. The first-order valence-corrected chi connectivity index (χ1v) is 10.6. The van der Waals surface area contributed by atoms with Crippen LogP contribution in [0.3, 0.4) is 0 Å². The van der Waals surface area contributed by atoms with Crippen LogP contribution >= 0.6 is 0 Å². The molecule has 0 saturated carbocycles. The van der Waals surface area contributed by atoms with Crippen LogP contribution in [0, 0.1) is 5.92 Å². The Bertz CT molecular complexity index is 833. The standard InChI is InChI=1S/C18H25N3O5S/c1-26-15-7-6-13(11-16(15)27(24,25)21-9-2-3-10-21)18(23)20-8-4-5-14(12-20)17(19)22/h6-7,11,14H,2-5,8-10,12H2,1H3,(H2,19,22). The number of carbonyl (C=O) groups excluding carboxylic acids is 2. The third kappa shape index (κ3) is 3.93. The first-order chi connectivity index (χ1) is 12.8. The molecule has 2 aliphatic heterocycles. The van der Waals surface area contributed by atoms with Crippen LogP contribution < -0.4 is 10.5 Å². The van der Waals surface area contributed by atoms with E-state index in [1.807, 2.05) is 0 Å². The molecule has 3 rings (SSSR count). The number of nitrogens with zero attached hydrogens (tertiary/aromatic N) is 2. The molecule has 0 aromatic heterocycles. The molecule has 2 saturated heterocycles. The maximum atomic E-state index is 13.0. The number of rotatable bonds is 5. The van der Waals surface area contributed by atoms with Gasteiger partial charge in [-0.1, -0.05) is 0 Å². The van der Waals surface area contributed by atoms with Gasteiger partial charge in [0.2, 0.25) is 15.9 Å². The number of hydrogen-bond donors (Lipinski definition) is 1. The molecule has 8 nitrogen and oxygen atoms in total. The van der Waals surface area contributed by atoms with E-state index in [-0.39, 0.29) is 34.6 Å². The van der Waals surface area contributed by atoms with E-state index in [9.17, 15) is 18.0 Å². The lowest BCUT2D eigenvalue weighted by molar-refractivity contribution is -0.123. The number of benzene rings is 1. The van der Waals surface area contributed by atoms with Gasteiger partial charge in [-0.3, -0.25) is 9.59 Å². The van der Waals surface area contributed by atoms with Gasteiger partial charge >= 0.3 is 0 Å². The first kappa shape index (κ1) is 19.6. The number of methoxy groups -OCH3 is 1. The average molecular weight is 395 g/mol. The molecule has 1 atom stereocenters. The van der Waals surface area contributed by atoms with Crippen LogP contribution in [0.1, 0.15) is 36.0 Å². The number of piperidine rings is 1. The van der Waals surface area contributed by atoms with E-state index in [1.54, 1.807) is 11.0 Å². The van der Waals surface area contributed by atoms with Crippen molar-refractivity contribution in [3.8, 4) is 5.75 Å². The zero-order valence-electron chi connectivity index (χ0n) is 15.4. The summed E-state index contributed by atoms with van der Waals surface area (Å²) >= 11 is 0. The molecule has 0 spiro atoms. The first-order valence-electron chi connectivity index (χ1n) is 9.11. The van der Waals surface area contributed by atoms with Crippen molar-refractivity contribution in [1.82, 2.24) is 9.21 Å². The van der Waals surface area contributed by atoms with E-state index in [0.29, 0.717) is 32.5 Å². The zero-order valence-corrected chi connectivity index (χ0v) is 16.2. The molecule has 0 bridgehead atoms. The highest BCUT2D eigenvalue weighted by Gasteiger charge is 2.32. The van der Waals surface area contributed by atoms with Crippen LogP contribution in [0.25, 0.3) is 0 Å². The SMILES string of the molecule is COc1ccc(C(=O)N2CCCC(C(N)=O)C2)cc1S(=O)(=O)N1CCCC1. The summed E-state index contributed by atoms with van der Waals surface area (Å²) in [4.78, 5) is 25.9. The zero-order chi connectivity index (χ0) is 19.6. The number of carbonyl (C=O) groups is 2. The van der Waals surface area contributed by atoms with E-state index < -0.39 is 15.9 Å². The van der Waals surface area contributed by atoms with Gasteiger partial charge in [-0.15, -0.1) is 0 Å². The van der Waals surface area contributed by atoms with Crippen molar-refractivity contribution in [2.24, 2.45) is 11.7 Å². The summed E-state index contributed by atoms with van der Waals surface area (Å²) in [5.41, 5.74) is 5.64. The minimum atomic E-state index is -3.73. The largest absolute Gasteiger partial charge is 0.495 e. The Labute approximate surface area is 159 Å². The number of ether oxygens (including phenoxy) is 1. The Kier molecular flexibility index (Phi) is 5.71. The van der Waals surface area contributed by atoms with Gasteiger partial charge in [0.15, 0.2) is 0 Å². The summed E-state index contributed by atoms with van der Waals surface area (Å²) in [7, 11) is -2.32. The van der Waals surface area contributed by atoms with Crippen molar-refractivity contribution in [1.29, 1.82) is 0 Å². The van der Waals surface area contributed by atoms with Gasteiger partial charge < -0.3 is 15.4 Å². The molecule has 2 N–H and O–H groups in total. The van der Waals surface area contributed by atoms with E-state index in [1.165, 1.54) is 23.5 Å².